The van der Waals surface area contributed by atoms with Crippen molar-refractivity contribution in [2.75, 3.05) is 6.26 Å². The standard InChI is InChI=1S/C13H14N2O3S/c1-19-11-6-2-5-10(12(11)13(14)15-16)18-8-9-4-3-7-17-9/h2-7,16H,8H2,1H3,(H2,14,15). The van der Waals surface area contributed by atoms with Gasteiger partial charge in [0.2, 0.25) is 0 Å². The van der Waals surface area contributed by atoms with Gasteiger partial charge in [0.05, 0.1) is 11.8 Å². The maximum absolute atomic E-state index is 8.86. The van der Waals surface area contributed by atoms with Crippen molar-refractivity contribution in [3.05, 3.63) is 47.9 Å². The first kappa shape index (κ1) is 13.4. The molecule has 0 atom stereocenters. The van der Waals surface area contributed by atoms with Crippen molar-refractivity contribution in [2.24, 2.45) is 10.9 Å². The fourth-order valence-corrected chi connectivity index (χ4v) is 2.27. The molecule has 19 heavy (non-hydrogen) atoms. The molecule has 0 aliphatic heterocycles. The van der Waals surface area contributed by atoms with E-state index in [0.717, 1.165) is 4.90 Å². The number of oxime groups is 1. The van der Waals surface area contributed by atoms with Gasteiger partial charge in [-0.2, -0.15) is 0 Å². The molecule has 0 unspecified atom stereocenters. The first-order valence-electron chi connectivity index (χ1n) is 5.56. The second-order valence-corrected chi connectivity index (χ2v) is 4.53. The number of ether oxygens (including phenoxy) is 1. The lowest BCUT2D eigenvalue weighted by Crippen LogP contribution is -2.16. The van der Waals surface area contributed by atoms with Gasteiger partial charge in [0.25, 0.3) is 0 Å². The van der Waals surface area contributed by atoms with Gasteiger partial charge in [-0.25, -0.2) is 0 Å². The average molecular weight is 278 g/mol. The third kappa shape index (κ3) is 3.03. The maximum Gasteiger partial charge on any atom is 0.174 e. The molecule has 0 bridgehead atoms. The molecule has 0 aliphatic carbocycles. The van der Waals surface area contributed by atoms with Crippen LogP contribution in [0.1, 0.15) is 11.3 Å². The average Bonchev–Trinajstić information content (AvgIpc) is 2.97. The lowest BCUT2D eigenvalue weighted by Gasteiger charge is -2.12. The third-order valence-electron chi connectivity index (χ3n) is 2.52. The minimum atomic E-state index is 0.0272. The molecule has 2 rings (SSSR count). The summed E-state index contributed by atoms with van der Waals surface area (Å²) in [7, 11) is 0. The van der Waals surface area contributed by atoms with Crippen LogP contribution >= 0.6 is 11.8 Å². The summed E-state index contributed by atoms with van der Waals surface area (Å²) < 4.78 is 10.9. The first-order chi connectivity index (χ1) is 9.26. The first-order valence-corrected chi connectivity index (χ1v) is 6.78. The summed E-state index contributed by atoms with van der Waals surface area (Å²) in [6.07, 6.45) is 3.50. The van der Waals surface area contributed by atoms with Crippen molar-refractivity contribution in [2.45, 2.75) is 11.5 Å². The van der Waals surface area contributed by atoms with Gasteiger partial charge >= 0.3 is 0 Å². The van der Waals surface area contributed by atoms with E-state index in [1.165, 1.54) is 11.8 Å². The fraction of sp³-hybridized carbons (Fsp3) is 0.154. The van der Waals surface area contributed by atoms with Gasteiger partial charge in [-0.1, -0.05) is 11.2 Å². The van der Waals surface area contributed by atoms with Crippen LogP contribution in [0.3, 0.4) is 0 Å². The Morgan fingerprint density at radius 3 is 2.89 bits per heavy atom. The van der Waals surface area contributed by atoms with Crippen LogP contribution in [0.4, 0.5) is 0 Å². The summed E-state index contributed by atoms with van der Waals surface area (Å²) in [5, 5.41) is 11.9. The molecule has 1 heterocycles. The van der Waals surface area contributed by atoms with Crippen molar-refractivity contribution < 1.29 is 14.4 Å². The van der Waals surface area contributed by atoms with Gasteiger partial charge in [0.15, 0.2) is 5.84 Å². The van der Waals surface area contributed by atoms with E-state index in [0.29, 0.717) is 17.1 Å². The van der Waals surface area contributed by atoms with Crippen LogP contribution in [0.15, 0.2) is 51.1 Å². The Kier molecular flexibility index (Phi) is 4.35. The van der Waals surface area contributed by atoms with E-state index in [4.69, 9.17) is 20.1 Å². The number of amidine groups is 1. The van der Waals surface area contributed by atoms with E-state index in [2.05, 4.69) is 5.16 Å². The summed E-state index contributed by atoms with van der Waals surface area (Å²) in [4.78, 5) is 0.882. The Balaban J connectivity index is 2.28. The van der Waals surface area contributed by atoms with E-state index in [1.54, 1.807) is 18.4 Å². The molecule has 3 N–H and O–H groups in total. The van der Waals surface area contributed by atoms with E-state index >= 15 is 0 Å². The van der Waals surface area contributed by atoms with Crippen molar-refractivity contribution in [1.29, 1.82) is 0 Å². The Hall–Kier alpha value is -2.08. The summed E-state index contributed by atoms with van der Waals surface area (Å²) >= 11 is 1.50. The number of benzene rings is 1. The van der Waals surface area contributed by atoms with Crippen LogP contribution < -0.4 is 10.5 Å². The SMILES string of the molecule is CSc1cccc(OCc2ccco2)c1/C(N)=N/O. The fourth-order valence-electron chi connectivity index (χ4n) is 1.65. The topological polar surface area (TPSA) is 81.0 Å². The molecule has 0 aliphatic rings. The number of nitrogens with zero attached hydrogens (tertiary/aromatic N) is 1. The van der Waals surface area contributed by atoms with Gasteiger partial charge in [-0.3, -0.25) is 0 Å². The summed E-state index contributed by atoms with van der Waals surface area (Å²) in [6, 6.07) is 9.13. The number of nitrogens with two attached hydrogens (primary N) is 1. The predicted octanol–water partition coefficient (Wildman–Crippen LogP) is 2.67. The number of hydrogen-bond donors (Lipinski definition) is 2. The lowest BCUT2D eigenvalue weighted by molar-refractivity contribution is 0.268. The zero-order valence-corrected chi connectivity index (χ0v) is 11.2. The van der Waals surface area contributed by atoms with E-state index in [-0.39, 0.29) is 12.4 Å². The normalized spacial score (nSPS) is 11.5. The molecule has 0 saturated heterocycles. The molecule has 2 aromatic rings. The van der Waals surface area contributed by atoms with Crippen molar-refractivity contribution in [1.82, 2.24) is 0 Å². The number of hydrogen-bond acceptors (Lipinski definition) is 5. The minimum absolute atomic E-state index is 0.0272. The summed E-state index contributed by atoms with van der Waals surface area (Å²) in [5.41, 5.74) is 6.29. The van der Waals surface area contributed by atoms with E-state index < -0.39 is 0 Å². The molecule has 5 nitrogen and oxygen atoms in total. The molecule has 0 radical (unpaired) electrons. The number of thioether (sulfide) groups is 1. The second kappa shape index (κ2) is 6.19. The monoisotopic (exact) mass is 278 g/mol. The maximum atomic E-state index is 8.86. The molecule has 6 heteroatoms. The Morgan fingerprint density at radius 1 is 1.42 bits per heavy atom. The third-order valence-corrected chi connectivity index (χ3v) is 3.30. The molecule has 0 fully saturated rings. The van der Waals surface area contributed by atoms with Crippen LogP contribution in [0, 0.1) is 0 Å². The van der Waals surface area contributed by atoms with Crippen LogP contribution in [0.25, 0.3) is 0 Å². The lowest BCUT2D eigenvalue weighted by atomic mass is 10.2. The molecule has 100 valence electrons. The highest BCUT2D eigenvalue weighted by molar-refractivity contribution is 7.98. The predicted molar refractivity (Wildman–Crippen MR) is 73.8 cm³/mol. The molecule has 0 saturated carbocycles. The molecular weight excluding hydrogens is 264 g/mol. The van der Waals surface area contributed by atoms with Gasteiger partial charge in [-0.15, -0.1) is 11.8 Å². The molecule has 0 amide bonds. The van der Waals surface area contributed by atoms with Gasteiger partial charge < -0.3 is 20.1 Å². The van der Waals surface area contributed by atoms with Crippen LogP contribution in [0.2, 0.25) is 0 Å². The zero-order chi connectivity index (χ0) is 13.7. The van der Waals surface area contributed by atoms with Gasteiger partial charge in [0, 0.05) is 4.90 Å². The summed E-state index contributed by atoms with van der Waals surface area (Å²) in [5.74, 6) is 1.29. The highest BCUT2D eigenvalue weighted by atomic mass is 32.2. The largest absolute Gasteiger partial charge is 0.485 e. The molecular formula is C13H14N2O3S. The van der Waals surface area contributed by atoms with Crippen molar-refractivity contribution in [3.63, 3.8) is 0 Å². The number of rotatable bonds is 5. The molecule has 1 aromatic heterocycles. The van der Waals surface area contributed by atoms with Crippen molar-refractivity contribution in [3.8, 4) is 5.75 Å². The minimum Gasteiger partial charge on any atom is -0.485 e. The number of furan rings is 1. The van der Waals surface area contributed by atoms with Crippen LogP contribution in [-0.2, 0) is 6.61 Å². The Bertz CT molecular complexity index is 567. The van der Waals surface area contributed by atoms with Crippen LogP contribution in [0.5, 0.6) is 5.75 Å². The Labute approximate surface area is 115 Å². The highest BCUT2D eigenvalue weighted by Gasteiger charge is 2.14. The molecule has 1 aromatic carbocycles. The van der Waals surface area contributed by atoms with E-state index in [9.17, 15) is 0 Å². The van der Waals surface area contributed by atoms with E-state index in [1.807, 2.05) is 24.5 Å². The van der Waals surface area contributed by atoms with Gasteiger partial charge in [-0.05, 0) is 30.5 Å². The van der Waals surface area contributed by atoms with Gasteiger partial charge in [0.1, 0.15) is 18.1 Å². The second-order valence-electron chi connectivity index (χ2n) is 3.69. The summed E-state index contributed by atoms with van der Waals surface area (Å²) in [6.45, 7) is 0.288. The molecule has 0 spiro atoms. The Morgan fingerprint density at radius 2 is 2.26 bits per heavy atom. The van der Waals surface area contributed by atoms with Crippen LogP contribution in [-0.4, -0.2) is 17.3 Å². The zero-order valence-electron chi connectivity index (χ0n) is 10.4. The smallest absolute Gasteiger partial charge is 0.174 e. The highest BCUT2D eigenvalue weighted by Crippen LogP contribution is 2.29. The van der Waals surface area contributed by atoms with Crippen molar-refractivity contribution >= 4 is 17.6 Å². The quantitative estimate of drug-likeness (QED) is 0.289.